The van der Waals surface area contributed by atoms with Crippen molar-refractivity contribution >= 4 is 32.6 Å². The minimum absolute atomic E-state index is 0.308. The maximum absolute atomic E-state index is 11.5. The Morgan fingerprint density at radius 2 is 2.33 bits per heavy atom. The van der Waals surface area contributed by atoms with E-state index in [4.69, 9.17) is 4.98 Å². The molecule has 1 fully saturated rings. The summed E-state index contributed by atoms with van der Waals surface area (Å²) in [6.07, 6.45) is 3.73. The van der Waals surface area contributed by atoms with Gasteiger partial charge in [-0.3, -0.25) is 4.79 Å². The quantitative estimate of drug-likeness (QED) is 0.833. The summed E-state index contributed by atoms with van der Waals surface area (Å²) < 4.78 is 1.24. The summed E-state index contributed by atoms with van der Waals surface area (Å²) in [6, 6.07) is 6.37. The van der Waals surface area contributed by atoms with Gasteiger partial charge in [-0.15, -0.1) is 0 Å². The van der Waals surface area contributed by atoms with Gasteiger partial charge in [-0.25, -0.2) is 4.98 Å². The van der Waals surface area contributed by atoms with Crippen molar-refractivity contribution in [3.05, 3.63) is 23.8 Å². The normalized spacial score (nSPS) is 15.1. The van der Waals surface area contributed by atoms with E-state index in [0.717, 1.165) is 56.0 Å². The Morgan fingerprint density at radius 3 is 3.10 bits per heavy atom. The highest BCUT2D eigenvalue weighted by atomic mass is 32.1. The number of para-hydroxylation sites is 1. The van der Waals surface area contributed by atoms with Gasteiger partial charge in [0.2, 0.25) is 5.91 Å². The van der Waals surface area contributed by atoms with E-state index in [1.165, 1.54) is 10.3 Å². The van der Waals surface area contributed by atoms with Gasteiger partial charge >= 0.3 is 0 Å². The van der Waals surface area contributed by atoms with Gasteiger partial charge in [-0.1, -0.05) is 30.4 Å². The zero-order chi connectivity index (χ0) is 14.7. The zero-order valence-corrected chi connectivity index (χ0v) is 13.2. The van der Waals surface area contributed by atoms with E-state index in [1.54, 1.807) is 11.3 Å². The molecule has 0 atom stereocenters. The molecule has 112 valence electrons. The number of hydrogen-bond donors (Lipinski definition) is 1. The molecule has 1 aromatic carbocycles. The number of thiazole rings is 1. The van der Waals surface area contributed by atoms with Gasteiger partial charge in [0, 0.05) is 26.1 Å². The van der Waals surface area contributed by atoms with Crippen LogP contribution in [-0.2, 0) is 11.2 Å². The number of anilines is 1. The summed E-state index contributed by atoms with van der Waals surface area (Å²) >= 11 is 1.71. The minimum Gasteiger partial charge on any atom is -0.361 e. The van der Waals surface area contributed by atoms with Gasteiger partial charge in [-0.05, 0) is 30.9 Å². The van der Waals surface area contributed by atoms with Crippen molar-refractivity contribution < 1.29 is 4.79 Å². The average molecular weight is 303 g/mol. The highest BCUT2D eigenvalue weighted by molar-refractivity contribution is 7.22. The van der Waals surface area contributed by atoms with Crippen molar-refractivity contribution in [2.45, 2.75) is 32.6 Å². The van der Waals surface area contributed by atoms with Crippen molar-refractivity contribution in [1.82, 2.24) is 9.88 Å². The Bertz CT molecular complexity index is 637. The van der Waals surface area contributed by atoms with Gasteiger partial charge in [0.15, 0.2) is 5.13 Å². The third kappa shape index (κ3) is 3.18. The fourth-order valence-electron chi connectivity index (χ4n) is 2.77. The Kier molecular flexibility index (Phi) is 4.39. The lowest BCUT2D eigenvalue weighted by Gasteiger charge is -2.14. The molecule has 2 heterocycles. The van der Waals surface area contributed by atoms with E-state index >= 15 is 0 Å². The number of hydrogen-bond acceptors (Lipinski definition) is 4. The number of nitrogens with zero attached hydrogens (tertiary/aromatic N) is 2. The predicted octanol–water partition coefficient (Wildman–Crippen LogP) is 3.28. The molecule has 0 saturated carbocycles. The first kappa shape index (κ1) is 14.3. The number of likely N-dealkylation sites (tertiary alicyclic amines) is 1. The Balaban J connectivity index is 1.54. The van der Waals surface area contributed by atoms with Crippen molar-refractivity contribution in [3.8, 4) is 0 Å². The van der Waals surface area contributed by atoms with Crippen LogP contribution in [0.1, 0.15) is 31.7 Å². The van der Waals surface area contributed by atoms with Gasteiger partial charge < -0.3 is 10.2 Å². The van der Waals surface area contributed by atoms with Crippen molar-refractivity contribution in [2.24, 2.45) is 0 Å². The molecule has 1 aliphatic heterocycles. The van der Waals surface area contributed by atoms with Crippen LogP contribution in [-0.4, -0.2) is 35.4 Å². The summed E-state index contributed by atoms with van der Waals surface area (Å²) in [5, 5.41) is 4.38. The number of amides is 1. The first-order valence-corrected chi connectivity index (χ1v) is 8.49. The Morgan fingerprint density at radius 1 is 1.43 bits per heavy atom. The maximum atomic E-state index is 11.5. The van der Waals surface area contributed by atoms with Crippen molar-refractivity contribution in [2.75, 3.05) is 25.0 Å². The number of carbonyl (C=O) groups excluding carboxylic acids is 1. The highest BCUT2D eigenvalue weighted by Crippen LogP contribution is 2.28. The highest BCUT2D eigenvalue weighted by Gasteiger charge is 2.18. The van der Waals surface area contributed by atoms with E-state index in [0.29, 0.717) is 5.91 Å². The van der Waals surface area contributed by atoms with E-state index in [2.05, 4.69) is 30.4 Å². The van der Waals surface area contributed by atoms with E-state index in [9.17, 15) is 4.79 Å². The van der Waals surface area contributed by atoms with Crippen LogP contribution < -0.4 is 5.32 Å². The maximum Gasteiger partial charge on any atom is 0.222 e. The minimum atomic E-state index is 0.308. The number of aromatic nitrogens is 1. The first-order chi connectivity index (χ1) is 10.3. The predicted molar refractivity (Wildman–Crippen MR) is 87.9 cm³/mol. The molecule has 1 N–H and O–H groups in total. The van der Waals surface area contributed by atoms with E-state index in [-0.39, 0.29) is 0 Å². The molecule has 1 aliphatic rings. The molecular weight excluding hydrogens is 282 g/mol. The Labute approximate surface area is 129 Å². The Hall–Kier alpha value is -1.62. The number of rotatable bonds is 6. The SMILES string of the molecule is CCc1cccc2sc(NCCCN3CCCC3=O)nc12. The fourth-order valence-corrected chi connectivity index (χ4v) is 3.71. The summed E-state index contributed by atoms with van der Waals surface area (Å²) in [4.78, 5) is 18.2. The third-order valence-electron chi connectivity index (χ3n) is 3.94. The second-order valence-corrected chi connectivity index (χ2v) is 6.43. The molecule has 5 heteroatoms. The molecule has 21 heavy (non-hydrogen) atoms. The molecule has 0 spiro atoms. The third-order valence-corrected chi connectivity index (χ3v) is 4.91. The molecule has 1 amide bonds. The largest absolute Gasteiger partial charge is 0.361 e. The molecule has 0 unspecified atom stereocenters. The van der Waals surface area contributed by atoms with Crippen LogP contribution in [0, 0.1) is 0 Å². The fraction of sp³-hybridized carbons (Fsp3) is 0.500. The van der Waals surface area contributed by atoms with Crippen LogP contribution in [0.4, 0.5) is 5.13 Å². The van der Waals surface area contributed by atoms with Crippen molar-refractivity contribution in [1.29, 1.82) is 0 Å². The van der Waals surface area contributed by atoms with Crippen LogP contribution in [0.2, 0.25) is 0 Å². The number of benzene rings is 1. The molecule has 0 bridgehead atoms. The molecule has 2 aromatic rings. The lowest BCUT2D eigenvalue weighted by Crippen LogP contribution is -2.26. The molecule has 0 aliphatic carbocycles. The molecule has 1 saturated heterocycles. The van der Waals surface area contributed by atoms with Gasteiger partial charge in [0.1, 0.15) is 0 Å². The van der Waals surface area contributed by atoms with Crippen LogP contribution in [0.25, 0.3) is 10.2 Å². The van der Waals surface area contributed by atoms with Crippen LogP contribution in [0.3, 0.4) is 0 Å². The number of fused-ring (bicyclic) bond motifs is 1. The van der Waals surface area contributed by atoms with Gasteiger partial charge in [-0.2, -0.15) is 0 Å². The summed E-state index contributed by atoms with van der Waals surface area (Å²) in [7, 11) is 0. The van der Waals surface area contributed by atoms with E-state index in [1.807, 2.05) is 4.90 Å². The lowest BCUT2D eigenvalue weighted by atomic mass is 10.1. The lowest BCUT2D eigenvalue weighted by molar-refractivity contribution is -0.127. The van der Waals surface area contributed by atoms with Crippen molar-refractivity contribution in [3.63, 3.8) is 0 Å². The number of aryl methyl sites for hydroxylation is 1. The second-order valence-electron chi connectivity index (χ2n) is 5.40. The van der Waals surface area contributed by atoms with Crippen LogP contribution >= 0.6 is 11.3 Å². The molecule has 4 nitrogen and oxygen atoms in total. The molecule has 1 aromatic heterocycles. The number of carbonyl (C=O) groups is 1. The second kappa shape index (κ2) is 6.43. The molecule has 0 radical (unpaired) electrons. The zero-order valence-electron chi connectivity index (χ0n) is 12.4. The average Bonchev–Trinajstić information content (AvgIpc) is 3.09. The molecular formula is C16H21N3OS. The molecule has 3 rings (SSSR count). The first-order valence-electron chi connectivity index (χ1n) is 7.68. The topological polar surface area (TPSA) is 45.2 Å². The van der Waals surface area contributed by atoms with Gasteiger partial charge in [0.05, 0.1) is 10.2 Å². The summed E-state index contributed by atoms with van der Waals surface area (Å²) in [6.45, 7) is 4.82. The van der Waals surface area contributed by atoms with Crippen LogP contribution in [0.5, 0.6) is 0 Å². The van der Waals surface area contributed by atoms with Gasteiger partial charge in [0.25, 0.3) is 0 Å². The van der Waals surface area contributed by atoms with E-state index < -0.39 is 0 Å². The summed E-state index contributed by atoms with van der Waals surface area (Å²) in [5.41, 5.74) is 2.43. The monoisotopic (exact) mass is 303 g/mol. The standard InChI is InChI=1S/C16H21N3OS/c1-2-12-6-3-7-13-15(12)18-16(21-13)17-9-5-11-19-10-4-8-14(19)20/h3,6-7H,2,4-5,8-11H2,1H3,(H,17,18). The smallest absolute Gasteiger partial charge is 0.222 e. The summed E-state index contributed by atoms with van der Waals surface area (Å²) in [5.74, 6) is 0.308. The number of nitrogens with one attached hydrogen (secondary N) is 1. The van der Waals surface area contributed by atoms with Crippen LogP contribution in [0.15, 0.2) is 18.2 Å².